The van der Waals surface area contributed by atoms with Crippen LogP contribution in [-0.4, -0.2) is 91.1 Å². The first kappa shape index (κ1) is 36.9. The van der Waals surface area contributed by atoms with E-state index in [1.807, 2.05) is 54.9 Å². The summed E-state index contributed by atoms with van der Waals surface area (Å²) in [5.41, 5.74) is 4.62. The Balaban J connectivity index is 0.866. The fraction of sp³-hybridized carbons (Fsp3) is 0.439. The summed E-state index contributed by atoms with van der Waals surface area (Å²) in [6, 6.07) is 13.0. The number of nitriles is 1. The molecule has 3 fully saturated rings. The number of amides is 3. The third kappa shape index (κ3) is 7.12. The minimum Gasteiger partial charge on any atom is -0.382 e. The Kier molecular flexibility index (Phi) is 10.1. The number of benzene rings is 1. The van der Waals surface area contributed by atoms with E-state index in [2.05, 4.69) is 41.8 Å². The zero-order valence-electron chi connectivity index (χ0n) is 32.0. The number of aryl methyl sites for hydroxylation is 1. The van der Waals surface area contributed by atoms with Gasteiger partial charge in [0.15, 0.2) is 0 Å². The summed E-state index contributed by atoms with van der Waals surface area (Å²) in [5, 5.41) is 19.2. The van der Waals surface area contributed by atoms with Gasteiger partial charge in [-0.25, -0.2) is 14.8 Å². The predicted octanol–water partition coefficient (Wildman–Crippen LogP) is 3.85. The molecule has 1 aliphatic carbocycles. The standard InChI is InChI=1S/C41H47N11O4/c1-25(2)45-31-20-35(51-14-13-28-19-27(21-42)22-44-38(28)51)43-23-30(31)39(54)46-29-9-7-26(8-10-29)24-49-15-17-50(18-16-49)32-5-4-6-33-37(32)48(3)41(56)52(33)34-11-12-36(53)47-40(34)55/h4-6,13-14,19-20,22-23,25-26,29,34H,7-12,15-18,24H2,1-3H3,(H,43,45)(H,46,54)(H,47,53,55). The molecule has 2 saturated heterocycles. The number of nitrogens with zero attached hydrogens (tertiary/aromatic N) is 8. The average Bonchev–Trinajstić information content (AvgIpc) is 3.73. The van der Waals surface area contributed by atoms with Crippen molar-refractivity contribution >= 4 is 51.2 Å². The number of pyridine rings is 2. The van der Waals surface area contributed by atoms with Crippen molar-refractivity contribution in [3.05, 3.63) is 76.6 Å². The van der Waals surface area contributed by atoms with E-state index in [-0.39, 0.29) is 36.0 Å². The summed E-state index contributed by atoms with van der Waals surface area (Å²) in [7, 11) is 1.75. The van der Waals surface area contributed by atoms with E-state index < -0.39 is 11.9 Å². The summed E-state index contributed by atoms with van der Waals surface area (Å²) in [6.45, 7) is 8.52. The van der Waals surface area contributed by atoms with Gasteiger partial charge in [-0.1, -0.05) is 6.07 Å². The smallest absolute Gasteiger partial charge is 0.329 e. The van der Waals surface area contributed by atoms with Gasteiger partial charge < -0.3 is 15.5 Å². The number of imide groups is 1. The van der Waals surface area contributed by atoms with Gasteiger partial charge in [-0.05, 0) is 76.1 Å². The van der Waals surface area contributed by atoms with Crippen molar-refractivity contribution in [2.75, 3.05) is 42.9 Å². The summed E-state index contributed by atoms with van der Waals surface area (Å²) in [4.78, 5) is 65.5. The van der Waals surface area contributed by atoms with E-state index in [4.69, 9.17) is 0 Å². The van der Waals surface area contributed by atoms with Gasteiger partial charge >= 0.3 is 5.69 Å². The number of anilines is 2. The molecule has 6 heterocycles. The molecule has 1 aromatic carbocycles. The van der Waals surface area contributed by atoms with Crippen LogP contribution in [0.25, 0.3) is 27.9 Å². The molecule has 1 unspecified atom stereocenters. The second-order valence-corrected chi connectivity index (χ2v) is 15.6. The van der Waals surface area contributed by atoms with Crippen LogP contribution in [0.5, 0.6) is 0 Å². The van der Waals surface area contributed by atoms with Crippen molar-refractivity contribution in [2.45, 2.75) is 70.5 Å². The number of aromatic nitrogens is 5. The Morgan fingerprint density at radius 1 is 1.00 bits per heavy atom. The number of carbonyl (C=O) groups excluding carboxylic acids is 3. The lowest BCUT2D eigenvalue weighted by Gasteiger charge is -2.39. The molecule has 3 amide bonds. The first-order chi connectivity index (χ1) is 27.1. The number of fused-ring (bicyclic) bond motifs is 2. The highest BCUT2D eigenvalue weighted by Crippen LogP contribution is 2.32. The van der Waals surface area contributed by atoms with Crippen LogP contribution in [0.15, 0.2) is 59.8 Å². The van der Waals surface area contributed by atoms with Gasteiger partial charge in [-0.15, -0.1) is 0 Å². The van der Waals surface area contributed by atoms with E-state index in [1.54, 1.807) is 34.6 Å². The molecule has 0 radical (unpaired) electrons. The Morgan fingerprint density at radius 2 is 1.79 bits per heavy atom. The monoisotopic (exact) mass is 757 g/mol. The molecule has 2 aliphatic heterocycles. The Morgan fingerprint density at radius 3 is 2.52 bits per heavy atom. The quantitative estimate of drug-likeness (QED) is 0.187. The predicted molar refractivity (Wildman–Crippen MR) is 213 cm³/mol. The van der Waals surface area contributed by atoms with E-state index >= 15 is 0 Å². The molecular weight excluding hydrogens is 711 g/mol. The van der Waals surface area contributed by atoms with E-state index in [0.717, 1.165) is 75.0 Å². The van der Waals surface area contributed by atoms with Gasteiger partial charge in [0, 0.05) is 88.3 Å². The largest absolute Gasteiger partial charge is 0.382 e. The van der Waals surface area contributed by atoms with Crippen molar-refractivity contribution in [2.24, 2.45) is 13.0 Å². The molecule has 290 valence electrons. The Hall–Kier alpha value is -6.01. The highest BCUT2D eigenvalue weighted by molar-refractivity contribution is 6.01. The van der Waals surface area contributed by atoms with Gasteiger partial charge in [0.2, 0.25) is 11.8 Å². The third-order valence-electron chi connectivity index (χ3n) is 11.5. The molecule has 56 heavy (non-hydrogen) atoms. The molecule has 0 bridgehead atoms. The number of hydrogen-bond donors (Lipinski definition) is 3. The highest BCUT2D eigenvalue weighted by atomic mass is 16.2. The first-order valence-electron chi connectivity index (χ1n) is 19.5. The molecule has 8 rings (SSSR count). The lowest BCUT2D eigenvalue weighted by molar-refractivity contribution is -0.135. The summed E-state index contributed by atoms with van der Waals surface area (Å²) >= 11 is 0. The molecule has 15 heteroatoms. The van der Waals surface area contributed by atoms with E-state index in [9.17, 15) is 24.4 Å². The minimum absolute atomic E-state index is 0.0914. The van der Waals surface area contributed by atoms with Crippen LogP contribution in [0.3, 0.4) is 0 Å². The van der Waals surface area contributed by atoms with Crippen molar-refractivity contribution in [1.82, 2.24) is 39.2 Å². The van der Waals surface area contributed by atoms with Crippen LogP contribution in [0.2, 0.25) is 0 Å². The Labute approximate surface area is 324 Å². The van der Waals surface area contributed by atoms with E-state index in [0.29, 0.717) is 46.1 Å². The zero-order valence-corrected chi connectivity index (χ0v) is 32.0. The number of piperidine rings is 1. The maximum absolute atomic E-state index is 13.7. The number of para-hydroxylation sites is 1. The minimum atomic E-state index is -0.709. The van der Waals surface area contributed by atoms with Crippen molar-refractivity contribution in [3.8, 4) is 11.9 Å². The molecule has 4 aromatic heterocycles. The molecular formula is C41H47N11O4. The zero-order chi connectivity index (χ0) is 39.1. The van der Waals surface area contributed by atoms with Crippen molar-refractivity contribution in [1.29, 1.82) is 5.26 Å². The number of piperazine rings is 1. The fourth-order valence-electron chi connectivity index (χ4n) is 8.65. The van der Waals surface area contributed by atoms with Gasteiger partial charge in [0.25, 0.3) is 5.91 Å². The second-order valence-electron chi connectivity index (χ2n) is 15.6. The molecule has 1 saturated carbocycles. The van der Waals surface area contributed by atoms with Crippen LogP contribution in [0.4, 0.5) is 11.4 Å². The number of carbonyl (C=O) groups is 3. The maximum atomic E-state index is 13.7. The summed E-state index contributed by atoms with van der Waals surface area (Å²) in [5.74, 6) is 0.308. The molecule has 0 spiro atoms. The summed E-state index contributed by atoms with van der Waals surface area (Å²) < 4.78 is 5.03. The van der Waals surface area contributed by atoms with Crippen LogP contribution in [-0.2, 0) is 16.6 Å². The van der Waals surface area contributed by atoms with Crippen LogP contribution in [0, 0.1) is 17.2 Å². The normalized spacial score (nSPS) is 20.7. The van der Waals surface area contributed by atoms with Crippen LogP contribution >= 0.6 is 0 Å². The number of rotatable bonds is 9. The molecule has 1 atom stereocenters. The molecule has 15 nitrogen and oxygen atoms in total. The first-order valence-corrected chi connectivity index (χ1v) is 19.5. The Bertz CT molecular complexity index is 2420. The van der Waals surface area contributed by atoms with Crippen LogP contribution in [0.1, 0.15) is 74.3 Å². The second kappa shape index (κ2) is 15.3. The molecule has 5 aromatic rings. The van der Waals surface area contributed by atoms with Gasteiger partial charge in [-0.3, -0.25) is 38.3 Å². The lowest BCUT2D eigenvalue weighted by atomic mass is 9.85. The third-order valence-corrected chi connectivity index (χ3v) is 11.5. The number of imidazole rings is 1. The topological polar surface area (TPSA) is 175 Å². The van der Waals surface area contributed by atoms with Crippen LogP contribution < -0.4 is 26.5 Å². The number of nitrogens with one attached hydrogen (secondary N) is 3. The molecule has 3 aliphatic rings. The molecule has 3 N–H and O–H groups in total. The maximum Gasteiger partial charge on any atom is 0.329 e. The van der Waals surface area contributed by atoms with E-state index in [1.165, 1.54) is 0 Å². The lowest BCUT2D eigenvalue weighted by Crippen LogP contribution is -2.48. The highest BCUT2D eigenvalue weighted by Gasteiger charge is 2.33. The van der Waals surface area contributed by atoms with Gasteiger partial charge in [0.05, 0.1) is 33.5 Å². The SMILES string of the molecule is CC(C)Nc1cc(-n2ccc3cc(C#N)cnc32)ncc1C(=O)NC1CCC(CN2CCN(c3cccc4c3n(C)c(=O)n4C3CCC(=O)NC3=O)CC2)CC1. The van der Waals surface area contributed by atoms with Crippen molar-refractivity contribution in [3.63, 3.8) is 0 Å². The average molecular weight is 758 g/mol. The number of hydrogen-bond acceptors (Lipinski definition) is 10. The fourth-order valence-corrected chi connectivity index (χ4v) is 8.65. The van der Waals surface area contributed by atoms with Gasteiger partial charge in [-0.2, -0.15) is 5.26 Å². The van der Waals surface area contributed by atoms with Gasteiger partial charge in [0.1, 0.15) is 23.6 Å². The van der Waals surface area contributed by atoms with Crippen molar-refractivity contribution < 1.29 is 14.4 Å². The summed E-state index contributed by atoms with van der Waals surface area (Å²) in [6.07, 6.45) is 9.47.